The lowest BCUT2D eigenvalue weighted by molar-refractivity contribution is 0.0969. The molecular formula is C10H16O3S. The van der Waals surface area contributed by atoms with Crippen molar-refractivity contribution in [2.45, 2.75) is 31.8 Å². The van der Waals surface area contributed by atoms with Crippen molar-refractivity contribution >= 4 is 9.84 Å². The lowest BCUT2D eigenvalue weighted by Crippen LogP contribution is -2.15. The van der Waals surface area contributed by atoms with Crippen LogP contribution in [0.15, 0.2) is 11.5 Å². The van der Waals surface area contributed by atoms with E-state index in [0.29, 0.717) is 6.61 Å². The molecule has 0 bridgehead atoms. The average molecular weight is 216 g/mol. The number of rotatable bonds is 5. The Morgan fingerprint density at radius 2 is 2.14 bits per heavy atom. The van der Waals surface area contributed by atoms with E-state index in [1.165, 1.54) is 24.7 Å². The standard InChI is InChI=1S/C10H16O3S/c11-14(12)7-5-10(8-14)13-6-1-2-9-3-4-9/h5,7,9-10H,1-4,6,8H2. The molecule has 0 radical (unpaired) electrons. The van der Waals surface area contributed by atoms with Crippen LogP contribution in [0.2, 0.25) is 0 Å². The molecule has 1 unspecified atom stereocenters. The predicted molar refractivity (Wildman–Crippen MR) is 54.6 cm³/mol. The molecule has 0 amide bonds. The van der Waals surface area contributed by atoms with Gasteiger partial charge in [-0.15, -0.1) is 0 Å². The smallest absolute Gasteiger partial charge is 0.174 e. The van der Waals surface area contributed by atoms with E-state index >= 15 is 0 Å². The average Bonchev–Trinajstić information content (AvgIpc) is 2.86. The Labute approximate surface area is 85.1 Å². The zero-order valence-electron chi connectivity index (χ0n) is 8.19. The second-order valence-corrected chi connectivity index (χ2v) is 6.08. The highest BCUT2D eigenvalue weighted by molar-refractivity contribution is 7.94. The summed E-state index contributed by atoms with van der Waals surface area (Å²) in [7, 11) is -2.94. The molecule has 3 nitrogen and oxygen atoms in total. The molecular weight excluding hydrogens is 200 g/mol. The fourth-order valence-corrected chi connectivity index (χ4v) is 2.86. The van der Waals surface area contributed by atoms with Crippen LogP contribution in [0.3, 0.4) is 0 Å². The molecule has 1 aliphatic carbocycles. The molecule has 4 heteroatoms. The predicted octanol–water partition coefficient (Wildman–Crippen LogP) is 1.50. The van der Waals surface area contributed by atoms with Crippen LogP contribution < -0.4 is 0 Å². The minimum atomic E-state index is -2.94. The summed E-state index contributed by atoms with van der Waals surface area (Å²) in [6.45, 7) is 0.695. The van der Waals surface area contributed by atoms with Crippen LogP contribution in [0.25, 0.3) is 0 Å². The van der Waals surface area contributed by atoms with Crippen molar-refractivity contribution in [2.75, 3.05) is 12.4 Å². The van der Waals surface area contributed by atoms with Crippen LogP contribution in [0.5, 0.6) is 0 Å². The molecule has 0 N–H and O–H groups in total. The lowest BCUT2D eigenvalue weighted by Gasteiger charge is -2.08. The molecule has 2 rings (SSSR count). The fraction of sp³-hybridized carbons (Fsp3) is 0.800. The third kappa shape index (κ3) is 3.10. The molecule has 2 aliphatic rings. The highest BCUT2D eigenvalue weighted by Crippen LogP contribution is 2.33. The largest absolute Gasteiger partial charge is 0.373 e. The summed E-state index contributed by atoms with van der Waals surface area (Å²) in [5.41, 5.74) is 0. The van der Waals surface area contributed by atoms with Crippen molar-refractivity contribution in [3.05, 3.63) is 11.5 Å². The summed E-state index contributed by atoms with van der Waals surface area (Å²) in [5, 5.41) is 1.26. The van der Waals surface area contributed by atoms with Crippen molar-refractivity contribution in [3.63, 3.8) is 0 Å². The Balaban J connectivity index is 1.60. The minimum Gasteiger partial charge on any atom is -0.373 e. The van der Waals surface area contributed by atoms with Crippen molar-refractivity contribution in [2.24, 2.45) is 5.92 Å². The van der Waals surface area contributed by atoms with Crippen molar-refractivity contribution in [1.29, 1.82) is 0 Å². The molecule has 14 heavy (non-hydrogen) atoms. The molecule has 0 spiro atoms. The molecule has 0 aromatic rings. The molecule has 80 valence electrons. The van der Waals surface area contributed by atoms with Crippen LogP contribution in [0.4, 0.5) is 0 Å². The molecule has 1 atom stereocenters. The first-order valence-corrected chi connectivity index (χ1v) is 6.90. The van der Waals surface area contributed by atoms with E-state index in [2.05, 4.69) is 0 Å². The van der Waals surface area contributed by atoms with Gasteiger partial charge in [-0.05, 0) is 24.8 Å². The van der Waals surface area contributed by atoms with Crippen molar-refractivity contribution in [1.82, 2.24) is 0 Å². The monoisotopic (exact) mass is 216 g/mol. The SMILES string of the molecule is O=S1(=O)C=CC(OCCCC2CC2)C1. The summed E-state index contributed by atoms with van der Waals surface area (Å²) < 4.78 is 27.5. The number of ether oxygens (including phenoxy) is 1. The summed E-state index contributed by atoms with van der Waals surface area (Å²) in [6.07, 6.45) is 6.50. The summed E-state index contributed by atoms with van der Waals surface area (Å²) in [6, 6.07) is 0. The Kier molecular flexibility index (Phi) is 2.93. The van der Waals surface area contributed by atoms with E-state index in [-0.39, 0.29) is 11.9 Å². The normalized spacial score (nSPS) is 29.6. The first-order chi connectivity index (χ1) is 6.66. The second-order valence-electron chi connectivity index (χ2n) is 4.15. The first-order valence-electron chi connectivity index (χ1n) is 5.18. The van der Waals surface area contributed by atoms with Crippen molar-refractivity contribution < 1.29 is 13.2 Å². The van der Waals surface area contributed by atoms with E-state index in [1.807, 2.05) is 0 Å². The maximum absolute atomic E-state index is 11.0. The van der Waals surface area contributed by atoms with Gasteiger partial charge in [-0.1, -0.05) is 12.8 Å². The molecule has 1 fully saturated rings. The van der Waals surface area contributed by atoms with E-state index in [0.717, 1.165) is 12.3 Å². The van der Waals surface area contributed by atoms with E-state index in [4.69, 9.17) is 4.74 Å². The van der Waals surface area contributed by atoms with Gasteiger partial charge in [0.2, 0.25) is 0 Å². The van der Waals surface area contributed by atoms with Crippen molar-refractivity contribution in [3.8, 4) is 0 Å². The van der Waals surface area contributed by atoms with Gasteiger partial charge in [-0.2, -0.15) is 0 Å². The van der Waals surface area contributed by atoms with Gasteiger partial charge in [0, 0.05) is 12.0 Å². The number of sulfone groups is 1. The Bertz CT molecular complexity index is 314. The molecule has 0 saturated heterocycles. The Morgan fingerprint density at radius 1 is 1.36 bits per heavy atom. The fourth-order valence-electron chi connectivity index (χ4n) is 1.66. The number of hydrogen-bond acceptors (Lipinski definition) is 3. The molecule has 1 aliphatic heterocycles. The molecule has 1 saturated carbocycles. The lowest BCUT2D eigenvalue weighted by atomic mass is 10.2. The van der Waals surface area contributed by atoms with Gasteiger partial charge in [-0.3, -0.25) is 0 Å². The van der Waals surface area contributed by atoms with Gasteiger partial charge in [0.15, 0.2) is 9.84 Å². The molecule has 0 aromatic carbocycles. The third-order valence-electron chi connectivity index (χ3n) is 2.68. The van der Waals surface area contributed by atoms with Gasteiger partial charge in [0.1, 0.15) is 0 Å². The maximum atomic E-state index is 11.0. The summed E-state index contributed by atoms with van der Waals surface area (Å²) >= 11 is 0. The van der Waals surface area contributed by atoms with Crippen LogP contribution in [0, 0.1) is 5.92 Å². The highest BCUT2D eigenvalue weighted by atomic mass is 32.2. The Morgan fingerprint density at radius 3 is 2.71 bits per heavy atom. The van der Waals surface area contributed by atoms with Gasteiger partial charge in [0.05, 0.1) is 11.9 Å². The number of hydrogen-bond donors (Lipinski definition) is 0. The van der Waals surface area contributed by atoms with Crippen LogP contribution in [-0.2, 0) is 14.6 Å². The zero-order valence-corrected chi connectivity index (χ0v) is 9.00. The van der Waals surface area contributed by atoms with Gasteiger partial charge < -0.3 is 4.74 Å². The summed E-state index contributed by atoms with van der Waals surface area (Å²) in [5.74, 6) is 1.07. The van der Waals surface area contributed by atoms with E-state index in [1.54, 1.807) is 6.08 Å². The topological polar surface area (TPSA) is 43.4 Å². The van der Waals surface area contributed by atoms with Gasteiger partial charge in [0.25, 0.3) is 0 Å². The second kappa shape index (κ2) is 4.03. The first kappa shape index (κ1) is 10.2. The molecule has 1 heterocycles. The van der Waals surface area contributed by atoms with Crippen LogP contribution in [0.1, 0.15) is 25.7 Å². The molecule has 0 aromatic heterocycles. The zero-order chi connectivity index (χ0) is 10.0. The van der Waals surface area contributed by atoms with E-state index < -0.39 is 9.84 Å². The summed E-state index contributed by atoms with van der Waals surface area (Å²) in [4.78, 5) is 0. The Hall–Kier alpha value is -0.350. The third-order valence-corrected chi connectivity index (χ3v) is 4.05. The highest BCUT2D eigenvalue weighted by Gasteiger charge is 2.23. The van der Waals surface area contributed by atoms with Crippen LogP contribution in [-0.4, -0.2) is 26.9 Å². The quantitative estimate of drug-likeness (QED) is 0.654. The van der Waals surface area contributed by atoms with Gasteiger partial charge >= 0.3 is 0 Å². The minimum absolute atomic E-state index is 0.135. The van der Waals surface area contributed by atoms with Gasteiger partial charge in [-0.25, -0.2) is 8.42 Å². The maximum Gasteiger partial charge on any atom is 0.174 e. The van der Waals surface area contributed by atoms with Crippen LogP contribution >= 0.6 is 0 Å². The van der Waals surface area contributed by atoms with E-state index in [9.17, 15) is 8.42 Å².